The van der Waals surface area contributed by atoms with E-state index in [-0.39, 0.29) is 0 Å². The fraction of sp³-hybridized carbons (Fsp3) is 0.688. The second kappa shape index (κ2) is 7.99. The minimum atomic E-state index is -0.602. The average molecular weight is 360 g/mol. The maximum Gasteiger partial charge on any atom is 0.408 e. The number of aliphatic hydroxyl groups is 1. The van der Waals surface area contributed by atoms with Crippen LogP contribution in [-0.2, 0) is 4.74 Å². The molecule has 5 heteroatoms. The zero-order chi connectivity index (χ0) is 16.0. The molecule has 1 aliphatic rings. The van der Waals surface area contributed by atoms with Crippen molar-refractivity contribution in [2.45, 2.75) is 64.7 Å². The van der Waals surface area contributed by atoms with Gasteiger partial charge in [0.05, 0.1) is 12.1 Å². The number of halogens is 1. The lowest BCUT2D eigenvalue weighted by atomic mass is 10.1. The summed E-state index contributed by atoms with van der Waals surface area (Å²) in [5.41, 5.74) is 1.58. The van der Waals surface area contributed by atoms with Crippen LogP contribution < -0.4 is 5.32 Å². The van der Waals surface area contributed by atoms with E-state index in [4.69, 9.17) is 4.74 Å². The molecule has 0 aromatic carbocycles. The van der Waals surface area contributed by atoms with Crippen LogP contribution in [-0.4, -0.2) is 34.3 Å². The van der Waals surface area contributed by atoms with Gasteiger partial charge in [0.2, 0.25) is 0 Å². The number of ether oxygens (including phenoxy) is 1. The summed E-state index contributed by atoms with van der Waals surface area (Å²) in [6, 6.07) is -0.393. The molecule has 1 rings (SSSR count). The smallest absolute Gasteiger partial charge is 0.408 e. The van der Waals surface area contributed by atoms with Gasteiger partial charge in [0, 0.05) is 11.8 Å². The fourth-order valence-electron chi connectivity index (χ4n) is 2.27. The summed E-state index contributed by atoms with van der Waals surface area (Å²) >= 11 is 3.39. The van der Waals surface area contributed by atoms with Gasteiger partial charge in [-0.25, -0.2) is 4.79 Å². The number of rotatable bonds is 5. The fourth-order valence-corrected chi connectivity index (χ4v) is 2.50. The Balaban J connectivity index is 2.81. The van der Waals surface area contributed by atoms with E-state index in [1.807, 2.05) is 33.8 Å². The molecule has 1 unspecified atom stereocenters. The van der Waals surface area contributed by atoms with E-state index < -0.39 is 23.8 Å². The summed E-state index contributed by atoms with van der Waals surface area (Å²) < 4.78 is 5.40. The van der Waals surface area contributed by atoms with Gasteiger partial charge in [-0.3, -0.25) is 0 Å². The van der Waals surface area contributed by atoms with Crippen molar-refractivity contribution in [3.05, 3.63) is 23.3 Å². The van der Waals surface area contributed by atoms with Crippen LogP contribution in [0.1, 0.15) is 47.0 Å². The monoisotopic (exact) mass is 359 g/mol. The summed E-state index contributed by atoms with van der Waals surface area (Å²) in [4.78, 5) is 12.0. The number of carbonyl (C=O) groups is 1. The normalized spacial score (nSPS) is 26.4. The molecule has 0 aromatic heterocycles. The number of nitrogens with one attached hydrogen (secondary N) is 1. The van der Waals surface area contributed by atoms with Crippen LogP contribution in [0.5, 0.6) is 0 Å². The molecule has 0 radical (unpaired) electrons. The van der Waals surface area contributed by atoms with Crippen LogP contribution >= 0.6 is 15.9 Å². The molecule has 120 valence electrons. The number of alkyl carbamates (subject to hydrolysis) is 1. The molecule has 1 fully saturated rings. The number of carbonyl (C=O) groups excluding carboxylic acids is 1. The van der Waals surface area contributed by atoms with Gasteiger partial charge in [-0.1, -0.05) is 35.0 Å². The Morgan fingerprint density at radius 2 is 2.24 bits per heavy atom. The van der Waals surface area contributed by atoms with Gasteiger partial charge in [-0.2, -0.15) is 0 Å². The highest BCUT2D eigenvalue weighted by atomic mass is 79.9. The van der Waals surface area contributed by atoms with E-state index in [0.29, 0.717) is 6.42 Å². The van der Waals surface area contributed by atoms with E-state index in [0.717, 1.165) is 29.3 Å². The number of allylic oxidation sites excluding steroid dienone is 2. The molecule has 0 aromatic rings. The first-order valence-corrected chi connectivity index (χ1v) is 8.56. The van der Waals surface area contributed by atoms with Gasteiger partial charge in [-0.15, -0.1) is 0 Å². The van der Waals surface area contributed by atoms with Gasteiger partial charge < -0.3 is 15.2 Å². The Hall–Kier alpha value is -0.810. The minimum absolute atomic E-state index is 0.393. The van der Waals surface area contributed by atoms with Crippen molar-refractivity contribution in [3.63, 3.8) is 0 Å². The van der Waals surface area contributed by atoms with Crippen molar-refractivity contribution < 1.29 is 14.6 Å². The second-order valence-electron chi connectivity index (χ2n) is 5.85. The molecular weight excluding hydrogens is 334 g/mol. The van der Waals surface area contributed by atoms with Crippen molar-refractivity contribution in [3.8, 4) is 0 Å². The largest absolute Gasteiger partial charge is 0.444 e. The summed E-state index contributed by atoms with van der Waals surface area (Å²) in [7, 11) is 0. The first-order chi connectivity index (χ1) is 9.84. The van der Waals surface area contributed by atoms with Gasteiger partial charge in [0.15, 0.2) is 0 Å². The van der Waals surface area contributed by atoms with Crippen LogP contribution in [0.2, 0.25) is 0 Å². The Bertz CT molecular complexity index is 429. The molecule has 1 aliphatic carbocycles. The first-order valence-electron chi connectivity index (χ1n) is 7.43. The molecule has 1 saturated carbocycles. The van der Waals surface area contributed by atoms with E-state index in [1.165, 1.54) is 0 Å². The minimum Gasteiger partial charge on any atom is -0.444 e. The molecular formula is C16H26BrNO3. The molecule has 0 bridgehead atoms. The summed E-state index contributed by atoms with van der Waals surface area (Å²) in [6.07, 6.45) is 5.13. The summed E-state index contributed by atoms with van der Waals surface area (Å²) in [5, 5.41) is 13.9. The van der Waals surface area contributed by atoms with Crippen molar-refractivity contribution in [2.75, 3.05) is 5.33 Å². The second-order valence-corrected chi connectivity index (χ2v) is 6.64. The molecule has 2 N–H and O–H groups in total. The highest BCUT2D eigenvalue weighted by molar-refractivity contribution is 9.09. The topological polar surface area (TPSA) is 58.6 Å². The van der Waals surface area contributed by atoms with E-state index in [2.05, 4.69) is 27.3 Å². The molecule has 2 atom stereocenters. The molecule has 0 spiro atoms. The standard InChI is InChI=1S/C16H26BrNO3/c1-5-11-10-13(19)14(12(11)8-7-9-17)18-15(20)21-16(3,4)6-2/h5,8,13-14,19H,6-7,9-10H2,1-4H3,(H,18,20)/b11-5-,12-8+/t13?,14-/m1/s1. The third-order valence-electron chi connectivity index (χ3n) is 3.84. The van der Waals surface area contributed by atoms with Crippen LogP contribution in [0.15, 0.2) is 23.3 Å². The summed E-state index contributed by atoms with van der Waals surface area (Å²) in [6.45, 7) is 7.66. The number of amides is 1. The molecule has 0 heterocycles. The number of aliphatic hydroxyl groups excluding tert-OH is 1. The zero-order valence-corrected chi connectivity index (χ0v) is 14.9. The maximum atomic E-state index is 12.0. The maximum absolute atomic E-state index is 12.0. The molecule has 0 aliphatic heterocycles. The lowest BCUT2D eigenvalue weighted by Crippen LogP contribution is -2.44. The van der Waals surface area contributed by atoms with Crippen LogP contribution in [0.4, 0.5) is 4.79 Å². The lowest BCUT2D eigenvalue weighted by Gasteiger charge is -2.26. The SMILES string of the molecule is C/C=C1/CC(O)[C@H](NC(=O)OC(C)(C)CC)/C1=C/CCBr. The van der Waals surface area contributed by atoms with Crippen LogP contribution in [0, 0.1) is 0 Å². The first kappa shape index (κ1) is 18.2. The van der Waals surface area contributed by atoms with Gasteiger partial charge in [0.1, 0.15) is 5.60 Å². The van der Waals surface area contributed by atoms with Gasteiger partial charge in [-0.05, 0) is 44.8 Å². The Morgan fingerprint density at radius 1 is 1.57 bits per heavy atom. The number of hydrogen-bond acceptors (Lipinski definition) is 3. The van der Waals surface area contributed by atoms with Crippen molar-refractivity contribution >= 4 is 22.0 Å². The van der Waals surface area contributed by atoms with Crippen LogP contribution in [0.25, 0.3) is 0 Å². The van der Waals surface area contributed by atoms with Crippen LogP contribution in [0.3, 0.4) is 0 Å². The average Bonchev–Trinajstić information content (AvgIpc) is 2.72. The Kier molecular flexibility index (Phi) is 6.94. The molecule has 4 nitrogen and oxygen atoms in total. The van der Waals surface area contributed by atoms with Gasteiger partial charge in [0.25, 0.3) is 0 Å². The van der Waals surface area contributed by atoms with Gasteiger partial charge >= 0.3 is 6.09 Å². The highest BCUT2D eigenvalue weighted by Gasteiger charge is 2.35. The summed E-state index contributed by atoms with van der Waals surface area (Å²) in [5.74, 6) is 0. The van der Waals surface area contributed by atoms with Crippen molar-refractivity contribution in [2.24, 2.45) is 0 Å². The Morgan fingerprint density at radius 3 is 2.76 bits per heavy atom. The van der Waals surface area contributed by atoms with E-state index in [1.54, 1.807) is 0 Å². The molecule has 21 heavy (non-hydrogen) atoms. The third kappa shape index (κ3) is 5.15. The zero-order valence-electron chi connectivity index (χ0n) is 13.3. The molecule has 0 saturated heterocycles. The number of hydrogen-bond donors (Lipinski definition) is 2. The predicted molar refractivity (Wildman–Crippen MR) is 88.6 cm³/mol. The highest BCUT2D eigenvalue weighted by Crippen LogP contribution is 2.32. The van der Waals surface area contributed by atoms with E-state index in [9.17, 15) is 9.90 Å². The predicted octanol–water partition coefficient (Wildman–Crippen LogP) is 3.69. The van der Waals surface area contributed by atoms with E-state index >= 15 is 0 Å². The lowest BCUT2D eigenvalue weighted by molar-refractivity contribution is 0.0313. The van der Waals surface area contributed by atoms with Crippen molar-refractivity contribution in [1.82, 2.24) is 5.32 Å². The third-order valence-corrected chi connectivity index (χ3v) is 4.29. The number of alkyl halides is 1. The Labute approximate surface area is 135 Å². The molecule has 1 amide bonds. The quantitative estimate of drug-likeness (QED) is 0.735. The van der Waals surface area contributed by atoms with Crippen molar-refractivity contribution in [1.29, 1.82) is 0 Å².